The third-order valence-electron chi connectivity index (χ3n) is 6.31. The lowest BCUT2D eigenvalue weighted by Crippen LogP contribution is -2.45. The van der Waals surface area contributed by atoms with Crippen LogP contribution in [0, 0.1) is 0 Å². The molecule has 4 aromatic rings. The smallest absolute Gasteiger partial charge is 0.407 e. The number of hydrogen-bond acceptors (Lipinski definition) is 5. The Morgan fingerprint density at radius 2 is 1.53 bits per heavy atom. The van der Waals surface area contributed by atoms with E-state index < -0.39 is 23.7 Å². The number of alkyl carbamates (subject to hydrolysis) is 1. The number of thiophene rings is 1. The number of carbonyl (C=O) groups is 2. The van der Waals surface area contributed by atoms with Gasteiger partial charge in [0.15, 0.2) is 0 Å². The van der Waals surface area contributed by atoms with Gasteiger partial charge in [-0.2, -0.15) is 0 Å². The molecule has 1 aliphatic carbocycles. The van der Waals surface area contributed by atoms with Crippen LogP contribution < -0.4 is 5.32 Å². The SMILES string of the molecule is CC(C)(C)OC(=O)[C@H](Cc1csc2ccccc12)NC(=O)OCC1c2ccccc2-c2ccccc21. The van der Waals surface area contributed by atoms with Crippen molar-refractivity contribution in [3.63, 3.8) is 0 Å². The Kier molecular flexibility index (Phi) is 6.54. The predicted molar refractivity (Wildman–Crippen MR) is 143 cm³/mol. The molecule has 5 rings (SSSR count). The molecule has 0 fully saturated rings. The molecule has 184 valence electrons. The zero-order chi connectivity index (χ0) is 25.3. The molecule has 1 N–H and O–H groups in total. The topological polar surface area (TPSA) is 64.6 Å². The van der Waals surface area contributed by atoms with Gasteiger partial charge in [-0.15, -0.1) is 11.3 Å². The van der Waals surface area contributed by atoms with E-state index in [9.17, 15) is 9.59 Å². The fourth-order valence-electron chi connectivity index (χ4n) is 4.76. The van der Waals surface area contributed by atoms with Crippen molar-refractivity contribution in [1.29, 1.82) is 0 Å². The molecule has 1 aromatic heterocycles. The Morgan fingerprint density at radius 3 is 2.19 bits per heavy atom. The summed E-state index contributed by atoms with van der Waals surface area (Å²) >= 11 is 1.62. The first kappa shape index (κ1) is 24.1. The van der Waals surface area contributed by atoms with Gasteiger partial charge < -0.3 is 14.8 Å². The number of esters is 1. The quantitative estimate of drug-likeness (QED) is 0.300. The zero-order valence-electron chi connectivity index (χ0n) is 20.6. The molecule has 0 saturated heterocycles. The van der Waals surface area contributed by atoms with E-state index in [0.29, 0.717) is 6.42 Å². The van der Waals surface area contributed by atoms with Gasteiger partial charge in [-0.05, 0) is 65.4 Å². The number of carbonyl (C=O) groups excluding carboxylic acids is 2. The fraction of sp³-hybridized carbons (Fsp3) is 0.267. The van der Waals surface area contributed by atoms with Gasteiger partial charge in [0, 0.05) is 17.0 Å². The number of hydrogen-bond donors (Lipinski definition) is 1. The first-order valence-corrected chi connectivity index (χ1v) is 13.0. The molecule has 3 aromatic carbocycles. The second-order valence-corrected chi connectivity index (χ2v) is 10.9. The lowest BCUT2D eigenvalue weighted by Gasteiger charge is -2.24. The number of rotatable bonds is 6. The average Bonchev–Trinajstić information content (AvgIpc) is 3.40. The van der Waals surface area contributed by atoms with Crippen LogP contribution in [-0.2, 0) is 20.7 Å². The molecule has 1 atom stereocenters. The van der Waals surface area contributed by atoms with Crippen molar-refractivity contribution in [1.82, 2.24) is 5.32 Å². The molecule has 0 aliphatic heterocycles. The highest BCUT2D eigenvalue weighted by Crippen LogP contribution is 2.44. The summed E-state index contributed by atoms with van der Waals surface area (Å²) in [4.78, 5) is 26.0. The van der Waals surface area contributed by atoms with Gasteiger partial charge in [0.25, 0.3) is 0 Å². The summed E-state index contributed by atoms with van der Waals surface area (Å²) < 4.78 is 12.5. The number of amides is 1. The molecule has 6 heteroatoms. The largest absolute Gasteiger partial charge is 0.458 e. The van der Waals surface area contributed by atoms with Crippen molar-refractivity contribution < 1.29 is 19.1 Å². The molecule has 1 aliphatic rings. The van der Waals surface area contributed by atoms with Crippen molar-refractivity contribution in [3.05, 3.63) is 94.9 Å². The van der Waals surface area contributed by atoms with Crippen molar-refractivity contribution in [2.45, 2.75) is 44.8 Å². The Balaban J connectivity index is 1.32. The minimum Gasteiger partial charge on any atom is -0.458 e. The normalized spacial score (nSPS) is 13.6. The molecular formula is C30H29NO4S. The number of benzene rings is 3. The maximum Gasteiger partial charge on any atom is 0.407 e. The predicted octanol–water partition coefficient (Wildman–Crippen LogP) is 6.69. The molecule has 1 amide bonds. The average molecular weight is 500 g/mol. The van der Waals surface area contributed by atoms with Gasteiger partial charge in [-0.3, -0.25) is 0 Å². The van der Waals surface area contributed by atoms with E-state index in [1.165, 1.54) is 0 Å². The summed E-state index contributed by atoms with van der Waals surface area (Å²) in [7, 11) is 0. The molecule has 1 heterocycles. The van der Waals surface area contributed by atoms with E-state index >= 15 is 0 Å². The van der Waals surface area contributed by atoms with Crippen LogP contribution in [0.2, 0.25) is 0 Å². The van der Waals surface area contributed by atoms with Gasteiger partial charge in [0.2, 0.25) is 0 Å². The van der Waals surface area contributed by atoms with E-state index in [2.05, 4.69) is 29.6 Å². The van der Waals surface area contributed by atoms with Crippen LogP contribution in [-0.4, -0.2) is 30.3 Å². The second-order valence-electron chi connectivity index (χ2n) is 10.0. The van der Waals surface area contributed by atoms with Crippen molar-refractivity contribution in [3.8, 4) is 11.1 Å². The molecule has 5 nitrogen and oxygen atoms in total. The van der Waals surface area contributed by atoms with Crippen LogP contribution in [0.25, 0.3) is 21.2 Å². The first-order chi connectivity index (χ1) is 17.3. The van der Waals surface area contributed by atoms with Gasteiger partial charge in [0.05, 0.1) is 0 Å². The number of ether oxygens (including phenoxy) is 2. The van der Waals surface area contributed by atoms with E-state index in [4.69, 9.17) is 9.47 Å². The van der Waals surface area contributed by atoms with E-state index in [0.717, 1.165) is 37.9 Å². The van der Waals surface area contributed by atoms with Crippen LogP contribution in [0.3, 0.4) is 0 Å². The van der Waals surface area contributed by atoms with E-state index in [-0.39, 0.29) is 12.5 Å². The molecule has 0 unspecified atom stereocenters. The lowest BCUT2D eigenvalue weighted by atomic mass is 9.98. The Bertz CT molecular complexity index is 1370. The van der Waals surface area contributed by atoms with Gasteiger partial charge in [-0.25, -0.2) is 9.59 Å². The number of fused-ring (bicyclic) bond motifs is 4. The van der Waals surface area contributed by atoms with Crippen molar-refractivity contribution >= 4 is 33.5 Å². The highest BCUT2D eigenvalue weighted by Gasteiger charge is 2.31. The maximum absolute atomic E-state index is 13.1. The lowest BCUT2D eigenvalue weighted by molar-refractivity contribution is -0.157. The van der Waals surface area contributed by atoms with Gasteiger partial charge >= 0.3 is 12.1 Å². The Labute approximate surface area is 215 Å². The molecule has 36 heavy (non-hydrogen) atoms. The molecule has 0 bridgehead atoms. The van der Waals surface area contributed by atoms with E-state index in [1.807, 2.05) is 74.7 Å². The summed E-state index contributed by atoms with van der Waals surface area (Å²) in [6.07, 6.45) is -0.310. The van der Waals surface area contributed by atoms with Crippen LogP contribution >= 0.6 is 11.3 Å². The van der Waals surface area contributed by atoms with Crippen LogP contribution in [0.15, 0.2) is 78.2 Å². The number of nitrogens with one attached hydrogen (secondary N) is 1. The minimum atomic E-state index is -0.863. The summed E-state index contributed by atoms with van der Waals surface area (Å²) in [5.41, 5.74) is 4.93. The summed E-state index contributed by atoms with van der Waals surface area (Å²) in [6.45, 7) is 5.63. The van der Waals surface area contributed by atoms with Crippen molar-refractivity contribution in [2.75, 3.05) is 6.61 Å². The highest BCUT2D eigenvalue weighted by molar-refractivity contribution is 7.17. The van der Waals surface area contributed by atoms with Gasteiger partial charge in [0.1, 0.15) is 18.2 Å². The third-order valence-corrected chi connectivity index (χ3v) is 7.32. The van der Waals surface area contributed by atoms with Crippen molar-refractivity contribution in [2.24, 2.45) is 0 Å². The summed E-state index contributed by atoms with van der Waals surface area (Å²) in [6, 6.07) is 23.6. The molecule has 0 saturated carbocycles. The Morgan fingerprint density at radius 1 is 0.917 bits per heavy atom. The fourth-order valence-corrected chi connectivity index (χ4v) is 5.73. The highest BCUT2D eigenvalue weighted by atomic mass is 32.1. The Hall–Kier alpha value is -3.64. The second kappa shape index (κ2) is 9.78. The molecular weight excluding hydrogens is 470 g/mol. The van der Waals surface area contributed by atoms with Crippen LogP contribution in [0.1, 0.15) is 43.4 Å². The van der Waals surface area contributed by atoms with Gasteiger partial charge in [-0.1, -0.05) is 66.7 Å². The van der Waals surface area contributed by atoms with E-state index in [1.54, 1.807) is 11.3 Å². The summed E-state index contributed by atoms with van der Waals surface area (Å²) in [5, 5.41) is 5.89. The third kappa shape index (κ3) is 5.00. The molecule has 0 spiro atoms. The maximum atomic E-state index is 13.1. The minimum absolute atomic E-state index is 0.0519. The van der Waals surface area contributed by atoms with Crippen LogP contribution in [0.5, 0.6) is 0 Å². The van der Waals surface area contributed by atoms with Crippen LogP contribution in [0.4, 0.5) is 4.79 Å². The summed E-state index contributed by atoms with van der Waals surface area (Å²) in [5.74, 6) is -0.532. The monoisotopic (exact) mass is 499 g/mol. The molecule has 0 radical (unpaired) electrons. The first-order valence-electron chi connectivity index (χ1n) is 12.1. The zero-order valence-corrected chi connectivity index (χ0v) is 21.4. The standard InChI is InChI=1S/C30H29NO4S/c1-30(2,3)35-28(32)26(16-19-18-36-27-15-9-8-10-20(19)27)31-29(33)34-17-25-23-13-6-4-11-21(23)22-12-5-7-14-24(22)25/h4-15,18,25-26H,16-17H2,1-3H3,(H,31,33)/t26-/m0/s1.